The fourth-order valence-corrected chi connectivity index (χ4v) is 2.29. The lowest BCUT2D eigenvalue weighted by molar-refractivity contribution is -0.114. The van der Waals surface area contributed by atoms with Crippen LogP contribution >= 0.6 is 11.3 Å². The summed E-state index contributed by atoms with van der Waals surface area (Å²) in [5.74, 6) is 0.530. The predicted octanol–water partition coefficient (Wildman–Crippen LogP) is 1.03. The van der Waals surface area contributed by atoms with Crippen LogP contribution < -0.4 is 15.8 Å². The van der Waals surface area contributed by atoms with Crippen LogP contribution in [0.2, 0.25) is 0 Å². The molecule has 0 aliphatic rings. The molecule has 0 unspecified atom stereocenters. The summed E-state index contributed by atoms with van der Waals surface area (Å²) in [6.07, 6.45) is 0.646. The SMILES string of the molecule is COc1cccc(Cc2nnc(NC(=O)CN)s2)c1. The molecule has 0 saturated carbocycles. The second kappa shape index (κ2) is 6.26. The van der Waals surface area contributed by atoms with Crippen LogP contribution in [0.25, 0.3) is 0 Å². The Morgan fingerprint density at radius 1 is 1.47 bits per heavy atom. The number of benzene rings is 1. The first kappa shape index (κ1) is 13.4. The number of aromatic nitrogens is 2. The fourth-order valence-electron chi connectivity index (χ4n) is 1.50. The number of methoxy groups -OCH3 is 1. The Hall–Kier alpha value is -1.99. The van der Waals surface area contributed by atoms with E-state index in [0.29, 0.717) is 11.6 Å². The second-order valence-corrected chi connectivity index (χ2v) is 4.84. The fraction of sp³-hybridized carbons (Fsp3) is 0.250. The number of nitrogens with one attached hydrogen (secondary N) is 1. The zero-order chi connectivity index (χ0) is 13.7. The highest BCUT2D eigenvalue weighted by Crippen LogP contribution is 2.20. The lowest BCUT2D eigenvalue weighted by Crippen LogP contribution is -2.21. The molecule has 0 radical (unpaired) electrons. The van der Waals surface area contributed by atoms with Gasteiger partial charge in [-0.15, -0.1) is 10.2 Å². The highest BCUT2D eigenvalue weighted by Gasteiger charge is 2.08. The molecule has 7 heteroatoms. The van der Waals surface area contributed by atoms with E-state index >= 15 is 0 Å². The van der Waals surface area contributed by atoms with E-state index in [1.54, 1.807) is 7.11 Å². The maximum absolute atomic E-state index is 11.1. The first-order valence-electron chi connectivity index (χ1n) is 5.66. The van der Waals surface area contributed by atoms with E-state index < -0.39 is 0 Å². The molecule has 6 nitrogen and oxygen atoms in total. The number of hydrogen-bond donors (Lipinski definition) is 2. The first-order chi connectivity index (χ1) is 9.21. The maximum atomic E-state index is 11.1. The van der Waals surface area contributed by atoms with E-state index in [4.69, 9.17) is 10.5 Å². The first-order valence-corrected chi connectivity index (χ1v) is 6.48. The van der Waals surface area contributed by atoms with Gasteiger partial charge >= 0.3 is 0 Å². The molecule has 0 fully saturated rings. The number of nitrogens with two attached hydrogens (primary N) is 1. The quantitative estimate of drug-likeness (QED) is 0.852. The van der Waals surface area contributed by atoms with Gasteiger partial charge in [0.2, 0.25) is 11.0 Å². The van der Waals surface area contributed by atoms with Gasteiger partial charge in [0.25, 0.3) is 0 Å². The van der Waals surface area contributed by atoms with Crippen molar-refractivity contribution in [2.45, 2.75) is 6.42 Å². The summed E-state index contributed by atoms with van der Waals surface area (Å²) < 4.78 is 5.16. The third-order valence-electron chi connectivity index (χ3n) is 2.39. The zero-order valence-corrected chi connectivity index (χ0v) is 11.2. The number of nitrogens with zero attached hydrogens (tertiary/aromatic N) is 2. The lowest BCUT2D eigenvalue weighted by atomic mass is 10.1. The van der Waals surface area contributed by atoms with Crippen LogP contribution in [0.1, 0.15) is 10.6 Å². The largest absolute Gasteiger partial charge is 0.497 e. The van der Waals surface area contributed by atoms with E-state index in [-0.39, 0.29) is 12.5 Å². The maximum Gasteiger partial charge on any atom is 0.239 e. The topological polar surface area (TPSA) is 90.1 Å². The van der Waals surface area contributed by atoms with Crippen LogP contribution in [0, 0.1) is 0 Å². The molecule has 1 heterocycles. The molecule has 1 aromatic carbocycles. The summed E-state index contributed by atoms with van der Waals surface area (Å²) in [7, 11) is 1.63. The summed E-state index contributed by atoms with van der Waals surface area (Å²) in [5, 5.41) is 11.8. The predicted molar refractivity (Wildman–Crippen MR) is 73.4 cm³/mol. The molecular formula is C12H14N4O2S. The molecule has 0 atom stereocenters. The average Bonchev–Trinajstić information content (AvgIpc) is 2.86. The van der Waals surface area contributed by atoms with Gasteiger partial charge < -0.3 is 10.5 Å². The van der Waals surface area contributed by atoms with Crippen molar-refractivity contribution in [2.24, 2.45) is 5.73 Å². The Balaban J connectivity index is 2.04. The van der Waals surface area contributed by atoms with Crippen LogP contribution in [0.4, 0.5) is 5.13 Å². The van der Waals surface area contributed by atoms with Crippen LogP contribution in [-0.2, 0) is 11.2 Å². The Bertz CT molecular complexity index is 570. The van der Waals surface area contributed by atoms with Crippen LogP contribution in [0.5, 0.6) is 5.75 Å². The second-order valence-electron chi connectivity index (χ2n) is 3.78. The summed E-state index contributed by atoms with van der Waals surface area (Å²) in [4.78, 5) is 11.1. The van der Waals surface area contributed by atoms with Gasteiger partial charge in [-0.2, -0.15) is 0 Å². The van der Waals surface area contributed by atoms with Gasteiger partial charge in [-0.25, -0.2) is 0 Å². The third-order valence-corrected chi connectivity index (χ3v) is 3.23. The van der Waals surface area contributed by atoms with E-state index in [0.717, 1.165) is 16.3 Å². The van der Waals surface area contributed by atoms with Crippen molar-refractivity contribution in [3.05, 3.63) is 34.8 Å². The minimum atomic E-state index is -0.274. The molecule has 0 aliphatic carbocycles. The molecule has 0 saturated heterocycles. The van der Waals surface area contributed by atoms with Crippen molar-refractivity contribution in [2.75, 3.05) is 19.0 Å². The highest BCUT2D eigenvalue weighted by molar-refractivity contribution is 7.15. The summed E-state index contributed by atoms with van der Waals surface area (Å²) in [6, 6.07) is 7.74. The van der Waals surface area contributed by atoms with Crippen LogP contribution in [-0.4, -0.2) is 29.8 Å². The molecule has 3 N–H and O–H groups in total. The Kier molecular flexibility index (Phi) is 4.43. The number of rotatable bonds is 5. The standard InChI is InChI=1S/C12H14N4O2S/c1-18-9-4-2-3-8(5-9)6-11-15-16-12(19-11)14-10(17)7-13/h2-5H,6-7,13H2,1H3,(H,14,16,17). The Labute approximate surface area is 114 Å². The number of carbonyl (C=O) groups excluding carboxylic acids is 1. The van der Waals surface area contributed by atoms with E-state index in [1.807, 2.05) is 24.3 Å². The Morgan fingerprint density at radius 2 is 2.32 bits per heavy atom. The molecule has 0 spiro atoms. The number of carbonyl (C=O) groups is 1. The van der Waals surface area contributed by atoms with Crippen molar-refractivity contribution < 1.29 is 9.53 Å². The van der Waals surface area contributed by atoms with Gasteiger partial charge in [-0.1, -0.05) is 23.5 Å². The molecule has 1 aromatic heterocycles. The van der Waals surface area contributed by atoms with Crippen molar-refractivity contribution in [1.82, 2.24) is 10.2 Å². The zero-order valence-electron chi connectivity index (χ0n) is 10.4. The van der Waals surface area contributed by atoms with Crippen LogP contribution in [0.15, 0.2) is 24.3 Å². The van der Waals surface area contributed by atoms with Gasteiger partial charge in [0.15, 0.2) is 0 Å². The Morgan fingerprint density at radius 3 is 3.05 bits per heavy atom. The number of anilines is 1. The number of hydrogen-bond acceptors (Lipinski definition) is 6. The smallest absolute Gasteiger partial charge is 0.239 e. The molecule has 1 amide bonds. The van der Waals surface area contributed by atoms with Crippen molar-refractivity contribution in [1.29, 1.82) is 0 Å². The van der Waals surface area contributed by atoms with Gasteiger partial charge in [0.05, 0.1) is 13.7 Å². The third kappa shape index (κ3) is 3.73. The van der Waals surface area contributed by atoms with E-state index in [2.05, 4.69) is 15.5 Å². The molecular weight excluding hydrogens is 264 g/mol. The van der Waals surface area contributed by atoms with Crippen molar-refractivity contribution >= 4 is 22.4 Å². The van der Waals surface area contributed by atoms with Gasteiger partial charge in [0, 0.05) is 6.42 Å². The summed E-state index contributed by atoms with van der Waals surface area (Å²) >= 11 is 1.33. The summed E-state index contributed by atoms with van der Waals surface area (Å²) in [5.41, 5.74) is 6.29. The molecule has 0 bridgehead atoms. The number of ether oxygens (including phenoxy) is 1. The minimum Gasteiger partial charge on any atom is -0.497 e. The van der Waals surface area contributed by atoms with Gasteiger partial charge in [-0.3, -0.25) is 10.1 Å². The summed E-state index contributed by atoms with van der Waals surface area (Å²) in [6.45, 7) is -0.0647. The molecule has 2 aromatic rings. The van der Waals surface area contributed by atoms with E-state index in [9.17, 15) is 4.79 Å². The molecule has 19 heavy (non-hydrogen) atoms. The average molecular weight is 278 g/mol. The number of amides is 1. The normalized spacial score (nSPS) is 10.2. The van der Waals surface area contributed by atoms with Crippen molar-refractivity contribution in [3.8, 4) is 5.75 Å². The highest BCUT2D eigenvalue weighted by atomic mass is 32.1. The van der Waals surface area contributed by atoms with Crippen molar-refractivity contribution in [3.63, 3.8) is 0 Å². The minimum absolute atomic E-state index is 0.0647. The van der Waals surface area contributed by atoms with Crippen LogP contribution in [0.3, 0.4) is 0 Å². The van der Waals surface area contributed by atoms with Gasteiger partial charge in [-0.05, 0) is 17.7 Å². The van der Waals surface area contributed by atoms with E-state index in [1.165, 1.54) is 11.3 Å². The molecule has 0 aliphatic heterocycles. The molecule has 100 valence electrons. The molecule has 2 rings (SSSR count). The monoisotopic (exact) mass is 278 g/mol. The lowest BCUT2D eigenvalue weighted by Gasteiger charge is -2.01. The van der Waals surface area contributed by atoms with Gasteiger partial charge in [0.1, 0.15) is 10.8 Å².